The summed E-state index contributed by atoms with van der Waals surface area (Å²) in [6.07, 6.45) is -2.76. The van der Waals surface area contributed by atoms with Crippen molar-refractivity contribution in [1.29, 1.82) is 0 Å². The van der Waals surface area contributed by atoms with Crippen LogP contribution in [-0.4, -0.2) is 47.5 Å². The van der Waals surface area contributed by atoms with Crippen LogP contribution in [0, 0.1) is 0 Å². The summed E-state index contributed by atoms with van der Waals surface area (Å²) in [5.41, 5.74) is 1.22. The Morgan fingerprint density at radius 3 is 2.36 bits per heavy atom. The van der Waals surface area contributed by atoms with E-state index in [0.717, 1.165) is 17.7 Å². The molecule has 28 heavy (non-hydrogen) atoms. The van der Waals surface area contributed by atoms with Gasteiger partial charge in [-0.15, -0.1) is 0 Å². The van der Waals surface area contributed by atoms with Gasteiger partial charge in [0.1, 0.15) is 0 Å². The lowest BCUT2D eigenvalue weighted by Gasteiger charge is -2.36. The van der Waals surface area contributed by atoms with E-state index in [1.165, 1.54) is 6.07 Å². The quantitative estimate of drug-likeness (QED) is 0.774. The van der Waals surface area contributed by atoms with Gasteiger partial charge in [0.05, 0.1) is 5.56 Å². The van der Waals surface area contributed by atoms with Crippen molar-refractivity contribution in [2.24, 2.45) is 0 Å². The highest BCUT2D eigenvalue weighted by Crippen LogP contribution is 2.32. The van der Waals surface area contributed by atoms with Crippen LogP contribution >= 0.6 is 0 Å². The second kappa shape index (κ2) is 8.34. The molecule has 0 aliphatic carbocycles. The summed E-state index contributed by atoms with van der Waals surface area (Å²) in [5.74, 6) is 0.275. The summed E-state index contributed by atoms with van der Waals surface area (Å²) in [4.78, 5) is 16.3. The Hall–Kier alpha value is -2.35. The zero-order valence-electron chi connectivity index (χ0n) is 15.4. The molecule has 0 bridgehead atoms. The first kappa shape index (κ1) is 20.4. The standard InChI is InChI=1S/C20H21F3N2O2S/c1-28(27)14-15-4-2-5-16(12-15)19(26)25-10-8-24(9-11-25)18-7-3-6-17(13-18)20(21,22)23/h2-7,12-13H,8-11,14H2,1H3. The molecule has 0 radical (unpaired) electrons. The zero-order chi connectivity index (χ0) is 20.3. The lowest BCUT2D eigenvalue weighted by atomic mass is 10.1. The summed E-state index contributed by atoms with van der Waals surface area (Å²) >= 11 is 0. The Bertz CT molecular complexity index is 878. The van der Waals surface area contributed by atoms with Crippen LogP contribution in [0.5, 0.6) is 0 Å². The van der Waals surface area contributed by atoms with Crippen LogP contribution in [0.1, 0.15) is 21.5 Å². The van der Waals surface area contributed by atoms with Crippen LogP contribution in [0.25, 0.3) is 0 Å². The molecule has 2 aromatic rings. The van der Waals surface area contributed by atoms with Gasteiger partial charge in [-0.25, -0.2) is 0 Å². The van der Waals surface area contributed by atoms with E-state index >= 15 is 0 Å². The molecule has 1 unspecified atom stereocenters. The second-order valence-corrected chi connectivity index (χ2v) is 8.18. The molecule has 0 aromatic heterocycles. The number of nitrogens with zero attached hydrogens (tertiary/aromatic N) is 2. The molecule has 1 aliphatic rings. The highest BCUT2D eigenvalue weighted by Gasteiger charge is 2.31. The maximum absolute atomic E-state index is 12.9. The van der Waals surface area contributed by atoms with Gasteiger partial charge in [-0.1, -0.05) is 18.2 Å². The second-order valence-electron chi connectivity index (χ2n) is 6.75. The van der Waals surface area contributed by atoms with Crippen molar-refractivity contribution in [3.05, 3.63) is 65.2 Å². The maximum Gasteiger partial charge on any atom is 0.416 e. The van der Waals surface area contributed by atoms with Gasteiger partial charge < -0.3 is 9.80 Å². The van der Waals surface area contributed by atoms with Gasteiger partial charge in [0, 0.05) is 60.2 Å². The number of carbonyl (C=O) groups is 1. The fourth-order valence-electron chi connectivity index (χ4n) is 3.26. The predicted octanol–water partition coefficient (Wildman–Crippen LogP) is 3.55. The first-order valence-corrected chi connectivity index (χ1v) is 10.6. The van der Waals surface area contributed by atoms with Crippen molar-refractivity contribution in [1.82, 2.24) is 4.90 Å². The van der Waals surface area contributed by atoms with E-state index in [1.807, 2.05) is 11.0 Å². The summed E-state index contributed by atoms with van der Waals surface area (Å²) in [7, 11) is -0.989. The SMILES string of the molecule is CS(=O)Cc1cccc(C(=O)N2CCN(c3cccc(C(F)(F)F)c3)CC2)c1. The summed E-state index contributed by atoms with van der Waals surface area (Å²) in [5, 5.41) is 0. The Morgan fingerprint density at radius 2 is 1.71 bits per heavy atom. The van der Waals surface area contributed by atoms with E-state index in [4.69, 9.17) is 0 Å². The molecule has 8 heteroatoms. The normalized spacial score (nSPS) is 16.1. The number of hydrogen-bond donors (Lipinski definition) is 0. The molecule has 1 saturated heterocycles. The van der Waals surface area contributed by atoms with E-state index in [0.29, 0.717) is 43.2 Å². The number of rotatable bonds is 4. The van der Waals surface area contributed by atoms with Gasteiger partial charge in [-0.05, 0) is 35.9 Å². The van der Waals surface area contributed by atoms with Crippen molar-refractivity contribution >= 4 is 22.4 Å². The molecule has 0 N–H and O–H groups in total. The van der Waals surface area contributed by atoms with Gasteiger partial charge in [0.15, 0.2) is 0 Å². The van der Waals surface area contributed by atoms with Crippen molar-refractivity contribution in [2.45, 2.75) is 11.9 Å². The average Bonchev–Trinajstić information content (AvgIpc) is 2.67. The monoisotopic (exact) mass is 410 g/mol. The highest BCUT2D eigenvalue weighted by molar-refractivity contribution is 7.83. The molecule has 150 valence electrons. The summed E-state index contributed by atoms with van der Waals surface area (Å²) in [6, 6.07) is 12.3. The van der Waals surface area contributed by atoms with Crippen LogP contribution in [0.15, 0.2) is 48.5 Å². The van der Waals surface area contributed by atoms with Crippen LogP contribution in [0.3, 0.4) is 0 Å². The van der Waals surface area contributed by atoms with Gasteiger partial charge in [0.2, 0.25) is 0 Å². The van der Waals surface area contributed by atoms with Gasteiger partial charge in [-0.2, -0.15) is 13.2 Å². The topological polar surface area (TPSA) is 40.6 Å². The van der Waals surface area contributed by atoms with E-state index in [2.05, 4.69) is 0 Å². The van der Waals surface area contributed by atoms with E-state index in [1.54, 1.807) is 35.4 Å². The fourth-order valence-corrected chi connectivity index (χ4v) is 3.91. The Morgan fingerprint density at radius 1 is 1.04 bits per heavy atom. The lowest BCUT2D eigenvalue weighted by Crippen LogP contribution is -2.48. The molecule has 4 nitrogen and oxygen atoms in total. The first-order valence-electron chi connectivity index (χ1n) is 8.84. The van der Waals surface area contributed by atoms with Gasteiger partial charge in [-0.3, -0.25) is 9.00 Å². The Kier molecular flexibility index (Phi) is 6.07. The molecule has 1 heterocycles. The minimum Gasteiger partial charge on any atom is -0.368 e. The van der Waals surface area contributed by atoms with Crippen molar-refractivity contribution in [2.75, 3.05) is 37.3 Å². The molecule has 3 rings (SSSR count). The smallest absolute Gasteiger partial charge is 0.368 e. The number of hydrogen-bond acceptors (Lipinski definition) is 3. The minimum absolute atomic E-state index is 0.118. The van der Waals surface area contributed by atoms with Crippen molar-refractivity contribution in [3.8, 4) is 0 Å². The van der Waals surface area contributed by atoms with Gasteiger partial charge >= 0.3 is 6.18 Å². The number of carbonyl (C=O) groups excluding carboxylic acids is 1. The number of alkyl halides is 3. The molecule has 1 fully saturated rings. The predicted molar refractivity (Wildman–Crippen MR) is 104 cm³/mol. The number of anilines is 1. The number of benzene rings is 2. The molecule has 2 aromatic carbocycles. The van der Waals surface area contributed by atoms with E-state index in [9.17, 15) is 22.2 Å². The fraction of sp³-hybridized carbons (Fsp3) is 0.350. The number of halogens is 3. The van der Waals surface area contributed by atoms with Crippen LogP contribution in [0.4, 0.5) is 18.9 Å². The van der Waals surface area contributed by atoms with E-state index in [-0.39, 0.29) is 5.91 Å². The molecule has 1 amide bonds. The number of piperazine rings is 1. The lowest BCUT2D eigenvalue weighted by molar-refractivity contribution is -0.137. The maximum atomic E-state index is 12.9. The zero-order valence-corrected chi connectivity index (χ0v) is 16.2. The van der Waals surface area contributed by atoms with Crippen LogP contribution in [0.2, 0.25) is 0 Å². The molecule has 0 spiro atoms. The first-order chi connectivity index (χ1) is 13.2. The third-order valence-corrected chi connectivity index (χ3v) is 5.39. The third kappa shape index (κ3) is 4.92. The van der Waals surface area contributed by atoms with Crippen LogP contribution in [-0.2, 0) is 22.7 Å². The largest absolute Gasteiger partial charge is 0.416 e. The van der Waals surface area contributed by atoms with Crippen molar-refractivity contribution in [3.63, 3.8) is 0 Å². The Labute approximate surface area is 164 Å². The highest BCUT2D eigenvalue weighted by atomic mass is 32.2. The van der Waals surface area contributed by atoms with Crippen LogP contribution < -0.4 is 4.90 Å². The van der Waals surface area contributed by atoms with Crippen molar-refractivity contribution < 1.29 is 22.2 Å². The summed E-state index contributed by atoms with van der Waals surface area (Å²) in [6.45, 7) is 1.79. The van der Waals surface area contributed by atoms with E-state index < -0.39 is 22.5 Å². The van der Waals surface area contributed by atoms with Gasteiger partial charge in [0.25, 0.3) is 5.91 Å². The molecule has 1 atom stereocenters. The Balaban J connectivity index is 1.65. The third-order valence-electron chi connectivity index (χ3n) is 4.65. The minimum atomic E-state index is -4.37. The molecule has 1 aliphatic heterocycles. The molecular weight excluding hydrogens is 389 g/mol. The average molecular weight is 410 g/mol. The molecular formula is C20H21F3N2O2S. The number of amides is 1. The molecule has 0 saturated carbocycles. The summed E-state index contributed by atoms with van der Waals surface area (Å²) < 4.78 is 50.1.